The maximum atomic E-state index is 12.4. The van der Waals surface area contributed by atoms with Crippen molar-refractivity contribution in [1.82, 2.24) is 20.1 Å². The van der Waals surface area contributed by atoms with Gasteiger partial charge in [-0.2, -0.15) is 0 Å². The third-order valence-corrected chi connectivity index (χ3v) is 5.73. The molecule has 2 N–H and O–H groups in total. The van der Waals surface area contributed by atoms with E-state index in [0.717, 1.165) is 11.3 Å². The summed E-state index contributed by atoms with van der Waals surface area (Å²) < 4.78 is 1.78. The zero-order valence-corrected chi connectivity index (χ0v) is 18.4. The Morgan fingerprint density at radius 3 is 2.53 bits per heavy atom. The number of benzene rings is 2. The molecule has 0 unspecified atom stereocenters. The standard InChI is InChI=1S/C21H22ClN5O2S/c1-13-6-4-5-7-17(13)24-18(28)12-30-21-26-25-19(27(21)3)14(2)23-20(29)15-8-10-16(22)11-9-15/h4-11,14H,12H2,1-3H3,(H,23,29)(H,24,28)/t14-/m1/s1. The zero-order valence-electron chi connectivity index (χ0n) is 16.8. The molecule has 0 bridgehead atoms. The monoisotopic (exact) mass is 443 g/mol. The predicted octanol–water partition coefficient (Wildman–Crippen LogP) is 4.00. The van der Waals surface area contributed by atoms with Crippen LogP contribution in [-0.2, 0) is 11.8 Å². The average molecular weight is 444 g/mol. The summed E-state index contributed by atoms with van der Waals surface area (Å²) >= 11 is 7.15. The van der Waals surface area contributed by atoms with Crippen LogP contribution in [-0.4, -0.2) is 32.3 Å². The molecule has 7 nitrogen and oxygen atoms in total. The summed E-state index contributed by atoms with van der Waals surface area (Å²) in [5.41, 5.74) is 2.30. The summed E-state index contributed by atoms with van der Waals surface area (Å²) in [4.78, 5) is 24.7. The Hall–Kier alpha value is -2.84. The van der Waals surface area contributed by atoms with Crippen LogP contribution < -0.4 is 10.6 Å². The number of hydrogen-bond acceptors (Lipinski definition) is 5. The number of aryl methyl sites for hydroxylation is 1. The van der Waals surface area contributed by atoms with Gasteiger partial charge in [0.15, 0.2) is 11.0 Å². The van der Waals surface area contributed by atoms with Gasteiger partial charge in [-0.05, 0) is 49.7 Å². The summed E-state index contributed by atoms with van der Waals surface area (Å²) in [5, 5.41) is 15.3. The van der Waals surface area contributed by atoms with Crippen LogP contribution in [0.2, 0.25) is 5.02 Å². The summed E-state index contributed by atoms with van der Waals surface area (Å²) in [7, 11) is 1.81. The zero-order chi connectivity index (χ0) is 21.7. The normalized spacial score (nSPS) is 11.7. The molecule has 9 heteroatoms. The highest BCUT2D eigenvalue weighted by Crippen LogP contribution is 2.20. The van der Waals surface area contributed by atoms with Crippen LogP contribution in [0.15, 0.2) is 53.7 Å². The molecule has 0 radical (unpaired) electrons. The summed E-state index contributed by atoms with van der Waals surface area (Å²) in [6, 6.07) is 13.9. The van der Waals surface area contributed by atoms with E-state index in [2.05, 4.69) is 20.8 Å². The fourth-order valence-corrected chi connectivity index (χ4v) is 3.65. The first kappa shape index (κ1) is 21.9. The Bertz CT molecular complexity index is 1050. The number of thioether (sulfide) groups is 1. The smallest absolute Gasteiger partial charge is 0.251 e. The molecule has 2 amide bonds. The molecule has 156 valence electrons. The summed E-state index contributed by atoms with van der Waals surface area (Å²) in [6.45, 7) is 3.77. The van der Waals surface area contributed by atoms with E-state index in [1.165, 1.54) is 11.8 Å². The van der Waals surface area contributed by atoms with E-state index in [9.17, 15) is 9.59 Å². The number of carbonyl (C=O) groups excluding carboxylic acids is 2. The van der Waals surface area contributed by atoms with Gasteiger partial charge in [0.05, 0.1) is 11.8 Å². The number of halogens is 1. The average Bonchev–Trinajstić information content (AvgIpc) is 3.09. The lowest BCUT2D eigenvalue weighted by atomic mass is 10.2. The van der Waals surface area contributed by atoms with Gasteiger partial charge in [-0.1, -0.05) is 41.6 Å². The molecule has 0 aliphatic heterocycles. The van der Waals surface area contributed by atoms with E-state index in [4.69, 9.17) is 11.6 Å². The van der Waals surface area contributed by atoms with Gasteiger partial charge in [0, 0.05) is 23.3 Å². The highest BCUT2D eigenvalue weighted by molar-refractivity contribution is 7.99. The van der Waals surface area contributed by atoms with Crippen LogP contribution >= 0.6 is 23.4 Å². The van der Waals surface area contributed by atoms with Gasteiger partial charge < -0.3 is 15.2 Å². The number of amides is 2. The van der Waals surface area contributed by atoms with Crippen molar-refractivity contribution in [3.63, 3.8) is 0 Å². The molecule has 0 saturated heterocycles. The molecule has 0 spiro atoms. The summed E-state index contributed by atoms with van der Waals surface area (Å²) in [5.74, 6) is 0.447. The van der Waals surface area contributed by atoms with Crippen LogP contribution in [0.1, 0.15) is 34.7 Å². The number of hydrogen-bond donors (Lipinski definition) is 2. The topological polar surface area (TPSA) is 88.9 Å². The van der Waals surface area contributed by atoms with E-state index in [0.29, 0.717) is 21.6 Å². The van der Waals surface area contributed by atoms with E-state index >= 15 is 0 Å². The SMILES string of the molecule is Cc1ccccc1NC(=O)CSc1nnc([C@@H](C)NC(=O)c2ccc(Cl)cc2)n1C. The number of rotatable bonds is 7. The Labute approximate surface area is 184 Å². The van der Waals surface area contributed by atoms with Crippen LogP contribution in [0.4, 0.5) is 5.69 Å². The minimum atomic E-state index is -0.360. The second-order valence-corrected chi connectivity index (χ2v) is 8.13. The van der Waals surface area contributed by atoms with Gasteiger partial charge >= 0.3 is 0 Å². The Balaban J connectivity index is 1.58. The first-order chi connectivity index (χ1) is 14.3. The van der Waals surface area contributed by atoms with Crippen molar-refractivity contribution in [2.45, 2.75) is 25.0 Å². The first-order valence-electron chi connectivity index (χ1n) is 9.29. The van der Waals surface area contributed by atoms with Gasteiger partial charge in [0.25, 0.3) is 5.91 Å². The molecule has 3 rings (SSSR count). The van der Waals surface area contributed by atoms with Gasteiger partial charge in [-0.15, -0.1) is 10.2 Å². The Kier molecular flexibility index (Phi) is 7.12. The molecule has 2 aromatic carbocycles. The second-order valence-electron chi connectivity index (χ2n) is 6.75. The van der Waals surface area contributed by atoms with Gasteiger partial charge in [-0.25, -0.2) is 0 Å². The van der Waals surface area contributed by atoms with Crippen molar-refractivity contribution in [1.29, 1.82) is 0 Å². The molecule has 1 aromatic heterocycles. The largest absolute Gasteiger partial charge is 0.342 e. The van der Waals surface area contributed by atoms with Crippen molar-refractivity contribution < 1.29 is 9.59 Å². The molecule has 0 aliphatic carbocycles. The first-order valence-corrected chi connectivity index (χ1v) is 10.7. The van der Waals surface area contributed by atoms with Crippen LogP contribution in [0.3, 0.4) is 0 Å². The summed E-state index contributed by atoms with van der Waals surface area (Å²) in [6.07, 6.45) is 0. The molecule has 1 heterocycles. The molecule has 0 aliphatic rings. The fraction of sp³-hybridized carbons (Fsp3) is 0.238. The minimum absolute atomic E-state index is 0.122. The number of carbonyl (C=O) groups is 2. The van der Waals surface area contributed by atoms with Gasteiger partial charge in [0.2, 0.25) is 5.91 Å². The lowest BCUT2D eigenvalue weighted by Gasteiger charge is -2.13. The number of nitrogens with zero attached hydrogens (tertiary/aromatic N) is 3. The molecular formula is C21H22ClN5O2S. The van der Waals surface area contributed by atoms with Crippen molar-refractivity contribution >= 4 is 40.9 Å². The number of anilines is 1. The Morgan fingerprint density at radius 1 is 1.13 bits per heavy atom. The van der Waals surface area contributed by atoms with E-state index in [1.54, 1.807) is 28.8 Å². The van der Waals surface area contributed by atoms with Crippen LogP contribution in [0.25, 0.3) is 0 Å². The van der Waals surface area contributed by atoms with E-state index in [-0.39, 0.29) is 23.6 Å². The molecule has 0 fully saturated rings. The van der Waals surface area contributed by atoms with Crippen molar-refractivity contribution in [2.75, 3.05) is 11.1 Å². The maximum Gasteiger partial charge on any atom is 0.251 e. The number of nitrogens with one attached hydrogen (secondary N) is 2. The molecule has 3 aromatic rings. The number of aromatic nitrogens is 3. The maximum absolute atomic E-state index is 12.4. The lowest BCUT2D eigenvalue weighted by Crippen LogP contribution is -2.28. The predicted molar refractivity (Wildman–Crippen MR) is 119 cm³/mol. The third-order valence-electron chi connectivity index (χ3n) is 4.46. The molecule has 0 saturated carbocycles. The molecular weight excluding hydrogens is 422 g/mol. The molecule has 30 heavy (non-hydrogen) atoms. The lowest BCUT2D eigenvalue weighted by molar-refractivity contribution is -0.113. The van der Waals surface area contributed by atoms with Crippen molar-refractivity contribution in [2.24, 2.45) is 7.05 Å². The van der Waals surface area contributed by atoms with Crippen molar-refractivity contribution in [3.05, 3.63) is 70.5 Å². The Morgan fingerprint density at radius 2 is 1.83 bits per heavy atom. The quantitative estimate of drug-likeness (QED) is 0.539. The van der Waals surface area contributed by atoms with Crippen LogP contribution in [0, 0.1) is 6.92 Å². The highest BCUT2D eigenvalue weighted by Gasteiger charge is 2.19. The van der Waals surface area contributed by atoms with E-state index < -0.39 is 0 Å². The van der Waals surface area contributed by atoms with Gasteiger partial charge in [-0.3, -0.25) is 9.59 Å². The second kappa shape index (κ2) is 9.77. The minimum Gasteiger partial charge on any atom is -0.342 e. The fourth-order valence-electron chi connectivity index (χ4n) is 2.80. The van der Waals surface area contributed by atoms with Crippen molar-refractivity contribution in [3.8, 4) is 0 Å². The molecule has 1 atom stereocenters. The van der Waals surface area contributed by atoms with E-state index in [1.807, 2.05) is 45.2 Å². The van der Waals surface area contributed by atoms with Crippen LogP contribution in [0.5, 0.6) is 0 Å². The number of para-hydroxylation sites is 1. The van der Waals surface area contributed by atoms with Gasteiger partial charge in [0.1, 0.15) is 0 Å². The highest BCUT2D eigenvalue weighted by atomic mass is 35.5. The third kappa shape index (κ3) is 5.40.